The number of aromatic hydroxyl groups is 2. The fourth-order valence-electron chi connectivity index (χ4n) is 3.92. The lowest BCUT2D eigenvalue weighted by molar-refractivity contribution is 0.0102. The van der Waals surface area contributed by atoms with Gasteiger partial charge in [-0.1, -0.05) is 24.3 Å². The fraction of sp³-hybridized carbons (Fsp3) is 0.217. The summed E-state index contributed by atoms with van der Waals surface area (Å²) in [6.45, 7) is 1.96. The highest BCUT2D eigenvalue weighted by Crippen LogP contribution is 2.51. The summed E-state index contributed by atoms with van der Waals surface area (Å²) < 4.78 is 11.2. The third kappa shape index (κ3) is 2.75. The van der Waals surface area contributed by atoms with E-state index >= 15 is 0 Å². The van der Waals surface area contributed by atoms with Crippen LogP contribution in [0.15, 0.2) is 60.7 Å². The largest absolute Gasteiger partial charge is 0.508 e. The molecule has 4 rings (SSSR count). The second kappa shape index (κ2) is 6.77. The van der Waals surface area contributed by atoms with Crippen molar-refractivity contribution in [2.75, 3.05) is 13.7 Å². The second-order valence-corrected chi connectivity index (χ2v) is 7.04. The molecule has 144 valence electrons. The van der Waals surface area contributed by atoms with Gasteiger partial charge in [-0.15, -0.1) is 0 Å². The molecule has 0 fully saturated rings. The third-order valence-electron chi connectivity index (χ3n) is 5.49. The van der Waals surface area contributed by atoms with Gasteiger partial charge in [0.15, 0.2) is 0 Å². The van der Waals surface area contributed by atoms with Gasteiger partial charge in [-0.25, -0.2) is 0 Å². The standard InChI is InChI=1S/C23H22O5/c1-14-21(25)11-10-19-22(14)28-13-20(15-4-3-5-17(24)12-15)23(19,26)16-6-8-18(27-2)9-7-16/h3-12,20,24-26H,13H2,1-2H3. The Morgan fingerprint density at radius 3 is 2.46 bits per heavy atom. The zero-order chi connectivity index (χ0) is 19.9. The number of benzene rings is 3. The molecule has 5 heteroatoms. The number of phenolic OH excluding ortho intramolecular Hbond substituents is 2. The monoisotopic (exact) mass is 378 g/mol. The van der Waals surface area contributed by atoms with Gasteiger partial charge in [0.1, 0.15) is 28.6 Å². The van der Waals surface area contributed by atoms with Gasteiger partial charge >= 0.3 is 0 Å². The Hall–Kier alpha value is -3.18. The highest BCUT2D eigenvalue weighted by atomic mass is 16.5. The summed E-state index contributed by atoms with van der Waals surface area (Å²) in [5, 5.41) is 32.1. The molecule has 0 aliphatic carbocycles. The molecule has 0 amide bonds. The number of hydrogen-bond acceptors (Lipinski definition) is 5. The van der Waals surface area contributed by atoms with Crippen molar-refractivity contribution >= 4 is 0 Å². The van der Waals surface area contributed by atoms with Gasteiger partial charge < -0.3 is 24.8 Å². The van der Waals surface area contributed by atoms with Crippen molar-refractivity contribution in [3.05, 3.63) is 82.9 Å². The predicted molar refractivity (Wildman–Crippen MR) is 105 cm³/mol. The Morgan fingerprint density at radius 2 is 1.79 bits per heavy atom. The smallest absolute Gasteiger partial charge is 0.132 e. The van der Waals surface area contributed by atoms with Gasteiger partial charge in [-0.05, 0) is 54.4 Å². The number of aliphatic hydroxyl groups is 1. The summed E-state index contributed by atoms with van der Waals surface area (Å²) >= 11 is 0. The Labute approximate surface area is 163 Å². The van der Waals surface area contributed by atoms with E-state index in [9.17, 15) is 15.3 Å². The van der Waals surface area contributed by atoms with E-state index in [1.54, 1.807) is 56.5 Å². The summed E-state index contributed by atoms with van der Waals surface area (Å²) in [6.07, 6.45) is 0. The molecule has 0 spiro atoms. The number of hydrogen-bond donors (Lipinski definition) is 3. The molecule has 3 aromatic rings. The topological polar surface area (TPSA) is 79.2 Å². The first-order chi connectivity index (χ1) is 13.4. The first-order valence-electron chi connectivity index (χ1n) is 9.07. The van der Waals surface area contributed by atoms with Crippen LogP contribution in [0, 0.1) is 6.92 Å². The minimum Gasteiger partial charge on any atom is -0.508 e. The van der Waals surface area contributed by atoms with Gasteiger partial charge in [0.25, 0.3) is 0 Å². The Kier molecular flexibility index (Phi) is 4.40. The maximum Gasteiger partial charge on any atom is 0.132 e. The van der Waals surface area contributed by atoms with Crippen LogP contribution in [0.25, 0.3) is 0 Å². The van der Waals surface area contributed by atoms with Crippen LogP contribution < -0.4 is 9.47 Å². The van der Waals surface area contributed by atoms with Crippen molar-refractivity contribution in [1.82, 2.24) is 0 Å². The van der Waals surface area contributed by atoms with Crippen molar-refractivity contribution in [3.8, 4) is 23.0 Å². The first kappa shape index (κ1) is 18.2. The molecule has 1 aliphatic rings. The van der Waals surface area contributed by atoms with Crippen molar-refractivity contribution in [2.24, 2.45) is 0 Å². The number of methoxy groups -OCH3 is 1. The Bertz CT molecular complexity index is 1010. The van der Waals surface area contributed by atoms with Crippen LogP contribution in [0.1, 0.15) is 28.2 Å². The highest BCUT2D eigenvalue weighted by molar-refractivity contribution is 5.57. The molecule has 28 heavy (non-hydrogen) atoms. The Morgan fingerprint density at radius 1 is 1.04 bits per heavy atom. The van der Waals surface area contributed by atoms with Crippen molar-refractivity contribution < 1.29 is 24.8 Å². The van der Waals surface area contributed by atoms with E-state index in [2.05, 4.69) is 0 Å². The summed E-state index contributed by atoms with van der Waals surface area (Å²) in [5.74, 6) is 0.962. The maximum atomic E-state index is 12.1. The van der Waals surface area contributed by atoms with Gasteiger partial charge in [-0.3, -0.25) is 0 Å². The molecule has 3 aromatic carbocycles. The normalized spacial score (nSPS) is 20.9. The zero-order valence-electron chi connectivity index (χ0n) is 15.7. The van der Waals surface area contributed by atoms with E-state index in [0.29, 0.717) is 28.2 Å². The summed E-state index contributed by atoms with van der Waals surface area (Å²) in [6, 6.07) is 17.4. The number of phenols is 2. The lowest BCUT2D eigenvalue weighted by Crippen LogP contribution is -2.42. The minimum absolute atomic E-state index is 0.117. The highest BCUT2D eigenvalue weighted by Gasteiger charge is 2.47. The molecule has 5 nitrogen and oxygen atoms in total. The van der Waals surface area contributed by atoms with Crippen molar-refractivity contribution in [1.29, 1.82) is 0 Å². The lowest BCUT2D eigenvalue weighted by Gasteiger charge is -2.42. The second-order valence-electron chi connectivity index (χ2n) is 7.04. The number of fused-ring (bicyclic) bond motifs is 1. The first-order valence-corrected chi connectivity index (χ1v) is 9.07. The maximum absolute atomic E-state index is 12.1. The summed E-state index contributed by atoms with van der Waals surface area (Å²) in [4.78, 5) is 0. The van der Waals surface area contributed by atoms with E-state index in [0.717, 1.165) is 5.56 Å². The fourth-order valence-corrected chi connectivity index (χ4v) is 3.92. The van der Waals surface area contributed by atoms with E-state index in [1.807, 2.05) is 18.2 Å². The van der Waals surface area contributed by atoms with Gasteiger partial charge in [0.05, 0.1) is 19.6 Å². The number of rotatable bonds is 3. The molecule has 1 heterocycles. The van der Waals surface area contributed by atoms with Gasteiger partial charge in [0, 0.05) is 11.1 Å². The molecular formula is C23H22O5. The average molecular weight is 378 g/mol. The molecule has 0 saturated heterocycles. The molecular weight excluding hydrogens is 356 g/mol. The number of ether oxygens (including phenoxy) is 2. The molecule has 1 aliphatic heterocycles. The molecule has 3 N–H and O–H groups in total. The molecule has 0 radical (unpaired) electrons. The Balaban J connectivity index is 1.95. The van der Waals surface area contributed by atoms with Crippen LogP contribution in [-0.2, 0) is 5.60 Å². The zero-order valence-corrected chi connectivity index (χ0v) is 15.7. The van der Waals surface area contributed by atoms with E-state index in [1.165, 1.54) is 0 Å². The lowest BCUT2D eigenvalue weighted by atomic mass is 9.71. The van der Waals surface area contributed by atoms with Crippen LogP contribution in [0.4, 0.5) is 0 Å². The van der Waals surface area contributed by atoms with Gasteiger partial charge in [-0.2, -0.15) is 0 Å². The van der Waals surface area contributed by atoms with Crippen LogP contribution in [0.2, 0.25) is 0 Å². The van der Waals surface area contributed by atoms with Crippen LogP contribution in [0.5, 0.6) is 23.0 Å². The molecule has 0 aromatic heterocycles. The van der Waals surface area contributed by atoms with E-state index in [4.69, 9.17) is 9.47 Å². The van der Waals surface area contributed by atoms with Crippen LogP contribution >= 0.6 is 0 Å². The molecule has 2 unspecified atom stereocenters. The summed E-state index contributed by atoms with van der Waals surface area (Å²) in [5.41, 5.74) is 1.18. The third-order valence-corrected chi connectivity index (χ3v) is 5.49. The van der Waals surface area contributed by atoms with Gasteiger partial charge in [0.2, 0.25) is 0 Å². The van der Waals surface area contributed by atoms with E-state index in [-0.39, 0.29) is 18.1 Å². The SMILES string of the molecule is COc1ccc(C2(O)c3ccc(O)c(C)c3OCC2c2cccc(O)c2)cc1. The van der Waals surface area contributed by atoms with Crippen molar-refractivity contribution in [2.45, 2.75) is 18.4 Å². The van der Waals surface area contributed by atoms with E-state index < -0.39 is 11.5 Å². The quantitative estimate of drug-likeness (QED) is 0.646. The van der Waals surface area contributed by atoms with Crippen LogP contribution in [-0.4, -0.2) is 29.0 Å². The average Bonchev–Trinajstić information content (AvgIpc) is 2.71. The predicted octanol–water partition coefficient (Wildman–Crippen LogP) is 3.83. The summed E-state index contributed by atoms with van der Waals surface area (Å²) in [7, 11) is 1.59. The van der Waals surface area contributed by atoms with Crippen molar-refractivity contribution in [3.63, 3.8) is 0 Å². The van der Waals surface area contributed by atoms with Crippen LogP contribution in [0.3, 0.4) is 0 Å². The molecule has 2 atom stereocenters. The molecule has 0 bridgehead atoms. The minimum atomic E-state index is -1.41. The molecule has 0 saturated carbocycles.